The van der Waals surface area contributed by atoms with Crippen molar-refractivity contribution in [2.24, 2.45) is 0 Å². The molecule has 1 N–H and O–H groups in total. The van der Waals surface area contributed by atoms with Crippen LogP contribution < -0.4 is 10.2 Å². The molecule has 184 valence electrons. The highest BCUT2D eigenvalue weighted by Crippen LogP contribution is 2.42. The van der Waals surface area contributed by atoms with Crippen LogP contribution in [0.5, 0.6) is 0 Å². The Morgan fingerprint density at radius 3 is 2.47 bits per heavy atom. The average molecular weight is 497 g/mol. The Balaban J connectivity index is 1.34. The molecule has 1 heterocycles. The quantitative estimate of drug-likeness (QED) is 0.302. The fraction of sp³-hybridized carbons (Fsp3) is 0.290. The Hall–Kier alpha value is -3.31. The summed E-state index contributed by atoms with van der Waals surface area (Å²) < 4.78 is 0. The number of hydrogen-bond donors (Lipinski definition) is 1. The normalized spacial score (nSPS) is 17.5. The van der Waals surface area contributed by atoms with Crippen molar-refractivity contribution in [2.45, 2.75) is 62.9 Å². The van der Waals surface area contributed by atoms with Crippen molar-refractivity contribution in [1.29, 1.82) is 0 Å². The van der Waals surface area contributed by atoms with E-state index in [0.717, 1.165) is 34.6 Å². The summed E-state index contributed by atoms with van der Waals surface area (Å²) in [7, 11) is 0. The van der Waals surface area contributed by atoms with Gasteiger partial charge in [-0.25, -0.2) is 0 Å². The number of nitrogens with one attached hydrogen (secondary N) is 1. The lowest BCUT2D eigenvalue weighted by molar-refractivity contribution is -0.114. The predicted octanol–water partition coefficient (Wildman–Crippen LogP) is 7.13. The Labute approximate surface area is 217 Å². The van der Waals surface area contributed by atoms with Crippen LogP contribution in [-0.2, 0) is 11.3 Å². The molecule has 0 bridgehead atoms. The van der Waals surface area contributed by atoms with Crippen LogP contribution in [0, 0.1) is 6.92 Å². The molecule has 0 spiro atoms. The smallest absolute Gasteiger partial charge is 0.265 e. The number of carbonyl (C=O) groups excluding carboxylic acids is 2. The third-order valence-corrected chi connectivity index (χ3v) is 7.99. The van der Waals surface area contributed by atoms with Gasteiger partial charge in [-0.2, -0.15) is 0 Å². The number of rotatable bonds is 5. The molecule has 1 aliphatic carbocycles. The topological polar surface area (TPSA) is 49.4 Å². The van der Waals surface area contributed by atoms with Crippen molar-refractivity contribution in [1.82, 2.24) is 5.32 Å². The van der Waals surface area contributed by atoms with E-state index >= 15 is 0 Å². The lowest BCUT2D eigenvalue weighted by atomic mass is 10.1. The van der Waals surface area contributed by atoms with Gasteiger partial charge < -0.3 is 10.2 Å². The van der Waals surface area contributed by atoms with E-state index in [1.165, 1.54) is 43.0 Å². The second kappa shape index (κ2) is 11.2. The van der Waals surface area contributed by atoms with E-state index in [4.69, 9.17) is 0 Å². The fourth-order valence-corrected chi connectivity index (χ4v) is 6.05. The molecule has 2 amide bonds. The van der Waals surface area contributed by atoms with Crippen molar-refractivity contribution in [3.05, 3.63) is 100.0 Å². The second-order valence-electron chi connectivity index (χ2n) is 9.74. The minimum atomic E-state index is -0.0116. The van der Waals surface area contributed by atoms with Gasteiger partial charge in [0.15, 0.2) is 0 Å². The molecular formula is C31H32N2O2S. The third-order valence-electron chi connectivity index (χ3n) is 6.92. The monoisotopic (exact) mass is 496 g/mol. The summed E-state index contributed by atoms with van der Waals surface area (Å²) in [6.07, 6.45) is 8.96. The Morgan fingerprint density at radius 2 is 1.72 bits per heavy atom. The summed E-state index contributed by atoms with van der Waals surface area (Å²) in [4.78, 5) is 29.9. The second-order valence-corrected chi connectivity index (χ2v) is 10.8. The van der Waals surface area contributed by atoms with Crippen molar-refractivity contribution in [3.63, 3.8) is 0 Å². The first kappa shape index (κ1) is 24.4. The fourth-order valence-electron chi connectivity index (χ4n) is 4.99. The van der Waals surface area contributed by atoms with Crippen LogP contribution in [0.1, 0.15) is 65.6 Å². The van der Waals surface area contributed by atoms with E-state index in [-0.39, 0.29) is 17.9 Å². The number of aryl methyl sites for hydroxylation is 1. The number of amides is 2. The van der Waals surface area contributed by atoms with E-state index in [2.05, 4.69) is 36.5 Å². The highest BCUT2D eigenvalue weighted by Gasteiger charge is 2.29. The van der Waals surface area contributed by atoms with Gasteiger partial charge in [0, 0.05) is 16.5 Å². The van der Waals surface area contributed by atoms with Crippen molar-refractivity contribution in [2.75, 3.05) is 4.90 Å². The molecule has 2 aliphatic rings. The molecule has 1 saturated carbocycles. The SMILES string of the molecule is Cc1cccc(CN2C(=O)C(=Cc3ccc(C(=O)NC4CCCCCC4)cc3)Sc3ccccc32)c1. The molecule has 0 atom stereocenters. The molecule has 3 aromatic rings. The van der Waals surface area contributed by atoms with Crippen LogP contribution in [0.4, 0.5) is 5.69 Å². The van der Waals surface area contributed by atoms with Gasteiger partial charge in [-0.1, -0.05) is 91.5 Å². The van der Waals surface area contributed by atoms with Gasteiger partial charge in [-0.05, 0) is 61.2 Å². The zero-order chi connectivity index (χ0) is 24.9. The molecular weight excluding hydrogens is 464 g/mol. The molecule has 4 nitrogen and oxygen atoms in total. The van der Waals surface area contributed by atoms with Gasteiger partial charge in [0.1, 0.15) is 0 Å². The lowest BCUT2D eigenvalue weighted by Crippen LogP contribution is -2.34. The molecule has 3 aromatic carbocycles. The summed E-state index contributed by atoms with van der Waals surface area (Å²) in [6, 6.07) is 24.2. The maximum atomic E-state index is 13.6. The Kier molecular flexibility index (Phi) is 7.57. The van der Waals surface area contributed by atoms with Crippen molar-refractivity contribution >= 4 is 35.3 Å². The lowest BCUT2D eigenvalue weighted by Gasteiger charge is -2.30. The summed E-state index contributed by atoms with van der Waals surface area (Å²) >= 11 is 1.50. The van der Waals surface area contributed by atoms with Crippen LogP contribution in [0.15, 0.2) is 82.6 Å². The Morgan fingerprint density at radius 1 is 0.972 bits per heavy atom. The van der Waals surface area contributed by atoms with Gasteiger partial charge in [0.25, 0.3) is 11.8 Å². The van der Waals surface area contributed by atoms with Gasteiger partial charge in [0.2, 0.25) is 0 Å². The zero-order valence-corrected chi connectivity index (χ0v) is 21.5. The predicted molar refractivity (Wildman–Crippen MR) is 148 cm³/mol. The van der Waals surface area contributed by atoms with Crippen LogP contribution in [0.3, 0.4) is 0 Å². The summed E-state index contributed by atoms with van der Waals surface area (Å²) in [6.45, 7) is 2.59. The first-order valence-electron chi connectivity index (χ1n) is 12.8. The van der Waals surface area contributed by atoms with E-state index in [0.29, 0.717) is 17.0 Å². The number of anilines is 1. The number of fused-ring (bicyclic) bond motifs is 1. The highest BCUT2D eigenvalue weighted by atomic mass is 32.2. The van der Waals surface area contributed by atoms with E-state index in [1.807, 2.05) is 59.5 Å². The standard InChI is InChI=1S/C31H32N2O2S/c1-22-9-8-10-24(19-22)21-33-27-13-6-7-14-28(27)36-29(31(33)35)20-23-15-17-25(18-16-23)30(34)32-26-11-4-2-3-5-12-26/h6-10,13-20,26H,2-5,11-12,21H2,1H3,(H,32,34). The Bertz CT molecular complexity index is 1270. The van der Waals surface area contributed by atoms with Gasteiger partial charge in [-0.15, -0.1) is 0 Å². The first-order chi connectivity index (χ1) is 17.6. The van der Waals surface area contributed by atoms with Crippen molar-refractivity contribution < 1.29 is 9.59 Å². The van der Waals surface area contributed by atoms with E-state index in [1.54, 1.807) is 0 Å². The van der Waals surface area contributed by atoms with E-state index < -0.39 is 0 Å². The molecule has 0 unspecified atom stereocenters. The minimum absolute atomic E-state index is 0.00427. The van der Waals surface area contributed by atoms with Gasteiger partial charge >= 0.3 is 0 Å². The molecule has 5 heteroatoms. The van der Waals surface area contributed by atoms with Crippen LogP contribution in [0.25, 0.3) is 6.08 Å². The first-order valence-corrected chi connectivity index (χ1v) is 13.7. The van der Waals surface area contributed by atoms with Crippen LogP contribution in [0.2, 0.25) is 0 Å². The maximum absolute atomic E-state index is 13.6. The molecule has 0 aromatic heterocycles. The third kappa shape index (κ3) is 5.73. The molecule has 0 saturated heterocycles. The molecule has 5 rings (SSSR count). The number of para-hydroxylation sites is 1. The molecule has 36 heavy (non-hydrogen) atoms. The summed E-state index contributed by atoms with van der Waals surface area (Å²) in [5.74, 6) is -0.0159. The van der Waals surface area contributed by atoms with Crippen molar-refractivity contribution in [3.8, 4) is 0 Å². The summed E-state index contributed by atoms with van der Waals surface area (Å²) in [5, 5.41) is 3.21. The number of hydrogen-bond acceptors (Lipinski definition) is 3. The van der Waals surface area contributed by atoms with Gasteiger partial charge in [-0.3, -0.25) is 9.59 Å². The zero-order valence-electron chi connectivity index (χ0n) is 20.7. The summed E-state index contributed by atoms with van der Waals surface area (Å²) in [5.41, 5.74) is 4.80. The maximum Gasteiger partial charge on any atom is 0.265 e. The highest BCUT2D eigenvalue weighted by molar-refractivity contribution is 8.04. The molecule has 1 aliphatic heterocycles. The molecule has 0 radical (unpaired) electrons. The number of carbonyl (C=O) groups is 2. The largest absolute Gasteiger partial charge is 0.349 e. The van der Waals surface area contributed by atoms with E-state index in [9.17, 15) is 9.59 Å². The number of benzene rings is 3. The minimum Gasteiger partial charge on any atom is -0.349 e. The average Bonchev–Trinajstić information content (AvgIpc) is 3.15. The molecule has 1 fully saturated rings. The number of thioether (sulfide) groups is 1. The van der Waals surface area contributed by atoms with Crippen LogP contribution >= 0.6 is 11.8 Å². The number of nitrogens with zero attached hydrogens (tertiary/aromatic N) is 1. The van der Waals surface area contributed by atoms with Gasteiger partial charge in [0.05, 0.1) is 17.1 Å². The van der Waals surface area contributed by atoms with Crippen LogP contribution in [-0.4, -0.2) is 17.9 Å².